The standard InChI is InChI=1S/C12H16Br/c1-3-5-8-11-10(4-2)7-6-9-12(11)13/h6-7,9H,1,3-5,8H2,2H3. The van der Waals surface area contributed by atoms with Crippen LogP contribution in [0.1, 0.15) is 30.9 Å². The Morgan fingerprint density at radius 1 is 1.38 bits per heavy atom. The van der Waals surface area contributed by atoms with Gasteiger partial charge in [-0.25, -0.2) is 0 Å². The van der Waals surface area contributed by atoms with Crippen LogP contribution in [0.3, 0.4) is 0 Å². The van der Waals surface area contributed by atoms with E-state index in [1.807, 2.05) is 0 Å². The van der Waals surface area contributed by atoms with Gasteiger partial charge in [0.05, 0.1) is 0 Å². The second kappa shape index (κ2) is 5.43. The topological polar surface area (TPSA) is 0 Å². The van der Waals surface area contributed by atoms with Crippen LogP contribution >= 0.6 is 15.9 Å². The van der Waals surface area contributed by atoms with Gasteiger partial charge in [0, 0.05) is 4.47 Å². The lowest BCUT2D eigenvalue weighted by Gasteiger charge is -2.09. The van der Waals surface area contributed by atoms with E-state index in [2.05, 4.69) is 48.0 Å². The average molecular weight is 240 g/mol. The summed E-state index contributed by atoms with van der Waals surface area (Å²) in [6.07, 6.45) is 4.46. The average Bonchev–Trinajstić information content (AvgIpc) is 2.15. The smallest absolute Gasteiger partial charge is 0.0210 e. The van der Waals surface area contributed by atoms with Gasteiger partial charge in [0.15, 0.2) is 0 Å². The Kier molecular flexibility index (Phi) is 4.51. The third kappa shape index (κ3) is 2.84. The predicted molar refractivity (Wildman–Crippen MR) is 61.8 cm³/mol. The molecule has 0 nitrogen and oxygen atoms in total. The molecule has 0 N–H and O–H groups in total. The Morgan fingerprint density at radius 2 is 2.15 bits per heavy atom. The fourth-order valence-corrected chi connectivity index (χ4v) is 2.12. The van der Waals surface area contributed by atoms with E-state index in [9.17, 15) is 0 Å². The lowest BCUT2D eigenvalue weighted by atomic mass is 10.0. The van der Waals surface area contributed by atoms with E-state index < -0.39 is 0 Å². The van der Waals surface area contributed by atoms with E-state index in [1.165, 1.54) is 22.0 Å². The maximum Gasteiger partial charge on any atom is 0.0210 e. The van der Waals surface area contributed by atoms with Crippen molar-refractivity contribution in [1.82, 2.24) is 0 Å². The molecule has 0 fully saturated rings. The summed E-state index contributed by atoms with van der Waals surface area (Å²) in [5.74, 6) is 0. The van der Waals surface area contributed by atoms with Gasteiger partial charge in [0.2, 0.25) is 0 Å². The highest BCUT2D eigenvalue weighted by Gasteiger charge is 2.03. The van der Waals surface area contributed by atoms with Gasteiger partial charge in [-0.05, 0) is 36.5 Å². The monoisotopic (exact) mass is 239 g/mol. The van der Waals surface area contributed by atoms with Crippen molar-refractivity contribution in [2.75, 3.05) is 0 Å². The van der Waals surface area contributed by atoms with Crippen molar-refractivity contribution in [3.63, 3.8) is 0 Å². The minimum atomic E-state index is 1.02. The van der Waals surface area contributed by atoms with Gasteiger partial charge in [-0.2, -0.15) is 0 Å². The molecule has 1 aromatic rings. The Morgan fingerprint density at radius 3 is 2.77 bits per heavy atom. The highest BCUT2D eigenvalue weighted by Crippen LogP contribution is 2.22. The molecular weight excluding hydrogens is 224 g/mol. The minimum Gasteiger partial charge on any atom is -0.0613 e. The van der Waals surface area contributed by atoms with Crippen molar-refractivity contribution in [1.29, 1.82) is 0 Å². The summed E-state index contributed by atoms with van der Waals surface area (Å²) in [6, 6.07) is 6.44. The molecule has 0 unspecified atom stereocenters. The third-order valence-corrected chi connectivity index (χ3v) is 3.02. The van der Waals surface area contributed by atoms with Crippen molar-refractivity contribution in [2.24, 2.45) is 0 Å². The molecule has 0 heterocycles. The van der Waals surface area contributed by atoms with Crippen LogP contribution in [-0.4, -0.2) is 0 Å². The van der Waals surface area contributed by atoms with Crippen LogP contribution in [0.15, 0.2) is 22.7 Å². The van der Waals surface area contributed by atoms with Gasteiger partial charge in [-0.15, -0.1) is 0 Å². The SMILES string of the molecule is [CH2]CCCc1c(Br)cccc1CC. The molecule has 1 radical (unpaired) electrons. The Bertz CT molecular complexity index is 266. The molecule has 71 valence electrons. The molecule has 0 saturated heterocycles. The fourth-order valence-electron chi connectivity index (χ4n) is 1.52. The maximum atomic E-state index is 3.87. The lowest BCUT2D eigenvalue weighted by Crippen LogP contribution is -1.94. The number of halogens is 1. The van der Waals surface area contributed by atoms with Crippen LogP contribution in [0.4, 0.5) is 0 Å². The molecule has 0 spiro atoms. The molecule has 1 heteroatoms. The first-order valence-corrected chi connectivity index (χ1v) is 5.64. The number of unbranched alkanes of at least 4 members (excludes halogenated alkanes) is 1. The van der Waals surface area contributed by atoms with E-state index >= 15 is 0 Å². The molecule has 0 saturated carbocycles. The van der Waals surface area contributed by atoms with Crippen molar-refractivity contribution >= 4 is 15.9 Å². The maximum absolute atomic E-state index is 3.87. The molecule has 0 aliphatic heterocycles. The quantitative estimate of drug-likeness (QED) is 0.741. The summed E-state index contributed by atoms with van der Waals surface area (Å²) in [4.78, 5) is 0. The van der Waals surface area contributed by atoms with Crippen molar-refractivity contribution in [2.45, 2.75) is 32.6 Å². The zero-order chi connectivity index (χ0) is 9.68. The molecular formula is C12H16Br. The second-order valence-corrected chi connectivity index (χ2v) is 4.04. The van der Waals surface area contributed by atoms with E-state index in [0.717, 1.165) is 19.3 Å². The minimum absolute atomic E-state index is 1.02. The normalized spacial score (nSPS) is 10.4. The molecule has 0 aliphatic carbocycles. The second-order valence-electron chi connectivity index (χ2n) is 3.19. The first-order valence-electron chi connectivity index (χ1n) is 4.85. The molecule has 0 aromatic heterocycles. The number of hydrogen-bond donors (Lipinski definition) is 0. The molecule has 0 atom stereocenters. The van der Waals surface area contributed by atoms with Crippen LogP contribution < -0.4 is 0 Å². The van der Waals surface area contributed by atoms with Crippen LogP contribution in [0.2, 0.25) is 0 Å². The highest BCUT2D eigenvalue weighted by atomic mass is 79.9. The zero-order valence-electron chi connectivity index (χ0n) is 8.15. The van der Waals surface area contributed by atoms with Crippen molar-refractivity contribution < 1.29 is 0 Å². The number of benzene rings is 1. The first-order chi connectivity index (χ1) is 6.29. The third-order valence-electron chi connectivity index (χ3n) is 2.27. The van der Waals surface area contributed by atoms with E-state index in [4.69, 9.17) is 0 Å². The summed E-state index contributed by atoms with van der Waals surface area (Å²) in [6.45, 7) is 6.07. The van der Waals surface area contributed by atoms with Crippen LogP contribution in [-0.2, 0) is 12.8 Å². The van der Waals surface area contributed by atoms with Gasteiger partial charge < -0.3 is 0 Å². The Labute approximate surface area is 89.5 Å². The van der Waals surface area contributed by atoms with Crippen LogP contribution in [0, 0.1) is 6.92 Å². The predicted octanol–water partition coefficient (Wildman–Crippen LogP) is 4.17. The summed E-state index contributed by atoms with van der Waals surface area (Å²) in [7, 11) is 0. The molecule has 0 amide bonds. The highest BCUT2D eigenvalue weighted by molar-refractivity contribution is 9.10. The Hall–Kier alpha value is -0.300. The Balaban J connectivity index is 2.87. The molecule has 1 aromatic carbocycles. The van der Waals surface area contributed by atoms with Crippen molar-refractivity contribution in [3.05, 3.63) is 40.7 Å². The van der Waals surface area contributed by atoms with Gasteiger partial charge in [-0.1, -0.05) is 48.3 Å². The van der Waals surface area contributed by atoms with Crippen LogP contribution in [0.5, 0.6) is 0 Å². The van der Waals surface area contributed by atoms with Crippen molar-refractivity contribution in [3.8, 4) is 0 Å². The summed E-state index contributed by atoms with van der Waals surface area (Å²) in [5.41, 5.74) is 2.93. The largest absolute Gasteiger partial charge is 0.0613 e. The zero-order valence-corrected chi connectivity index (χ0v) is 9.73. The number of rotatable bonds is 4. The first kappa shape index (κ1) is 10.8. The van der Waals surface area contributed by atoms with Crippen LogP contribution in [0.25, 0.3) is 0 Å². The summed E-state index contributed by atoms with van der Waals surface area (Å²) in [5, 5.41) is 0. The van der Waals surface area contributed by atoms with Gasteiger partial charge in [0.25, 0.3) is 0 Å². The summed E-state index contributed by atoms with van der Waals surface area (Å²) >= 11 is 3.60. The number of hydrogen-bond acceptors (Lipinski definition) is 0. The van der Waals surface area contributed by atoms with Gasteiger partial charge >= 0.3 is 0 Å². The lowest BCUT2D eigenvalue weighted by molar-refractivity contribution is 0.825. The molecule has 0 bridgehead atoms. The molecule has 1 rings (SSSR count). The van der Waals surface area contributed by atoms with Gasteiger partial charge in [0.1, 0.15) is 0 Å². The van der Waals surface area contributed by atoms with E-state index in [1.54, 1.807) is 0 Å². The van der Waals surface area contributed by atoms with E-state index in [-0.39, 0.29) is 0 Å². The molecule has 0 aliphatic rings. The fraction of sp³-hybridized carbons (Fsp3) is 0.417. The summed E-state index contributed by atoms with van der Waals surface area (Å²) < 4.78 is 1.25. The van der Waals surface area contributed by atoms with E-state index in [0.29, 0.717) is 0 Å². The molecule has 13 heavy (non-hydrogen) atoms. The van der Waals surface area contributed by atoms with Gasteiger partial charge in [-0.3, -0.25) is 0 Å². The number of aryl methyl sites for hydroxylation is 1.